The molecule has 0 spiro atoms. The monoisotopic (exact) mass is 423 g/mol. The van der Waals surface area contributed by atoms with Crippen molar-refractivity contribution in [2.24, 2.45) is 0 Å². The lowest BCUT2D eigenvalue weighted by Crippen LogP contribution is -2.34. The summed E-state index contributed by atoms with van der Waals surface area (Å²) >= 11 is 0. The average molecular weight is 424 g/mol. The van der Waals surface area contributed by atoms with Gasteiger partial charge in [0.25, 0.3) is 0 Å². The standard InChI is InChI=1S/C31H21NO/c1-3-11-21(12-4-1)31(22-13-5-2-6-14-22)25-16-8-10-18-29(25)33-30-20-28-24(19-26(30)31)23-15-7-9-17-27(23)32-28/h1-20,32H. The summed E-state index contributed by atoms with van der Waals surface area (Å²) in [5.41, 5.74) is 6.52. The molecule has 6 aromatic rings. The molecule has 0 unspecified atom stereocenters. The lowest BCUT2D eigenvalue weighted by molar-refractivity contribution is 0.435. The molecule has 2 nitrogen and oxygen atoms in total. The third-order valence-electron chi connectivity index (χ3n) is 6.93. The van der Waals surface area contributed by atoms with E-state index in [2.05, 4.69) is 120 Å². The number of H-pyrrole nitrogens is 1. The largest absolute Gasteiger partial charge is 0.457 e. The minimum atomic E-state index is -0.487. The van der Waals surface area contributed by atoms with Crippen LogP contribution in [-0.4, -0.2) is 4.98 Å². The maximum absolute atomic E-state index is 6.56. The van der Waals surface area contributed by atoms with E-state index in [1.165, 1.54) is 21.9 Å². The Morgan fingerprint density at radius 1 is 0.485 bits per heavy atom. The second kappa shape index (κ2) is 6.85. The number of benzene rings is 5. The predicted molar refractivity (Wildman–Crippen MR) is 134 cm³/mol. The van der Waals surface area contributed by atoms with Crippen molar-refractivity contribution < 1.29 is 4.74 Å². The van der Waals surface area contributed by atoms with Crippen LogP contribution in [0.25, 0.3) is 21.8 Å². The van der Waals surface area contributed by atoms with Gasteiger partial charge in [-0.25, -0.2) is 0 Å². The fourth-order valence-corrected chi connectivity index (χ4v) is 5.55. The van der Waals surface area contributed by atoms with Crippen LogP contribution in [0.2, 0.25) is 0 Å². The van der Waals surface area contributed by atoms with E-state index in [4.69, 9.17) is 4.74 Å². The number of hydrogen-bond donors (Lipinski definition) is 1. The molecule has 0 atom stereocenters. The van der Waals surface area contributed by atoms with Gasteiger partial charge in [0.1, 0.15) is 11.5 Å². The molecule has 2 heterocycles. The lowest BCUT2D eigenvalue weighted by Gasteiger charge is -2.41. The molecule has 1 N–H and O–H groups in total. The van der Waals surface area contributed by atoms with Gasteiger partial charge in [0, 0.05) is 33.5 Å². The van der Waals surface area contributed by atoms with Gasteiger partial charge < -0.3 is 9.72 Å². The molecule has 0 radical (unpaired) electrons. The first kappa shape index (κ1) is 18.3. The van der Waals surface area contributed by atoms with Gasteiger partial charge in [-0.05, 0) is 29.3 Å². The second-order valence-electron chi connectivity index (χ2n) is 8.64. The Morgan fingerprint density at radius 3 is 1.88 bits per heavy atom. The molecular weight excluding hydrogens is 402 g/mol. The molecule has 1 aliphatic heterocycles. The van der Waals surface area contributed by atoms with Crippen LogP contribution in [-0.2, 0) is 5.41 Å². The molecule has 0 fully saturated rings. The lowest BCUT2D eigenvalue weighted by atomic mass is 9.63. The Hall–Kier alpha value is -4.30. The van der Waals surface area contributed by atoms with Crippen molar-refractivity contribution >= 4 is 21.8 Å². The fraction of sp³-hybridized carbons (Fsp3) is 0.0323. The van der Waals surface area contributed by atoms with Crippen LogP contribution in [0.3, 0.4) is 0 Å². The molecule has 0 saturated carbocycles. The van der Waals surface area contributed by atoms with Gasteiger partial charge in [-0.3, -0.25) is 0 Å². The summed E-state index contributed by atoms with van der Waals surface area (Å²) in [4.78, 5) is 3.58. The fourth-order valence-electron chi connectivity index (χ4n) is 5.55. The van der Waals surface area contributed by atoms with E-state index in [-0.39, 0.29) is 0 Å². The van der Waals surface area contributed by atoms with Crippen molar-refractivity contribution in [1.29, 1.82) is 0 Å². The zero-order valence-electron chi connectivity index (χ0n) is 18.0. The number of aromatic amines is 1. The smallest absolute Gasteiger partial charge is 0.134 e. The zero-order chi connectivity index (χ0) is 21.8. The Kier molecular flexibility index (Phi) is 3.80. The highest BCUT2D eigenvalue weighted by molar-refractivity contribution is 6.08. The molecule has 2 heteroatoms. The van der Waals surface area contributed by atoms with E-state index in [1.54, 1.807) is 0 Å². The van der Waals surface area contributed by atoms with E-state index in [1.807, 2.05) is 6.07 Å². The first-order valence-corrected chi connectivity index (χ1v) is 11.3. The van der Waals surface area contributed by atoms with Gasteiger partial charge in [0.15, 0.2) is 0 Å². The second-order valence-corrected chi connectivity index (χ2v) is 8.64. The number of nitrogens with one attached hydrogen (secondary N) is 1. The van der Waals surface area contributed by atoms with E-state index >= 15 is 0 Å². The summed E-state index contributed by atoms with van der Waals surface area (Å²) in [5, 5.41) is 2.44. The summed E-state index contributed by atoms with van der Waals surface area (Å²) in [5.74, 6) is 1.79. The number of hydrogen-bond acceptors (Lipinski definition) is 1. The van der Waals surface area contributed by atoms with E-state index < -0.39 is 5.41 Å². The molecule has 0 aliphatic carbocycles. The highest BCUT2D eigenvalue weighted by atomic mass is 16.5. The number of para-hydroxylation sites is 2. The van der Waals surface area contributed by atoms with Gasteiger partial charge in [-0.2, -0.15) is 0 Å². The highest BCUT2D eigenvalue weighted by Gasteiger charge is 2.45. The van der Waals surface area contributed by atoms with E-state index in [0.29, 0.717) is 0 Å². The number of fused-ring (bicyclic) bond motifs is 5. The molecule has 0 bridgehead atoms. The molecule has 1 aromatic heterocycles. The van der Waals surface area contributed by atoms with E-state index in [9.17, 15) is 0 Å². The Bertz CT molecular complexity index is 1590. The van der Waals surface area contributed by atoms with Crippen LogP contribution < -0.4 is 4.74 Å². The molecular formula is C31H21NO. The zero-order valence-corrected chi connectivity index (χ0v) is 18.0. The normalized spacial score (nSPS) is 13.9. The summed E-state index contributed by atoms with van der Waals surface area (Å²) in [6, 6.07) is 43.0. The molecule has 5 aromatic carbocycles. The number of rotatable bonds is 2. The quantitative estimate of drug-likeness (QED) is 0.301. The molecule has 0 saturated heterocycles. The van der Waals surface area contributed by atoms with E-state index in [0.717, 1.165) is 33.7 Å². The Morgan fingerprint density at radius 2 is 1.12 bits per heavy atom. The van der Waals surface area contributed by atoms with Gasteiger partial charge in [0.2, 0.25) is 0 Å². The summed E-state index contributed by atoms with van der Waals surface area (Å²) < 4.78 is 6.56. The summed E-state index contributed by atoms with van der Waals surface area (Å²) in [6.07, 6.45) is 0. The third-order valence-corrected chi connectivity index (χ3v) is 6.93. The van der Waals surface area contributed by atoms with Gasteiger partial charge in [0.05, 0.1) is 10.9 Å². The third kappa shape index (κ3) is 2.49. The predicted octanol–water partition coefficient (Wildman–Crippen LogP) is 7.81. The van der Waals surface area contributed by atoms with Crippen molar-refractivity contribution in [3.8, 4) is 11.5 Å². The Labute approximate surface area is 192 Å². The van der Waals surface area contributed by atoms with Crippen LogP contribution in [0.15, 0.2) is 121 Å². The van der Waals surface area contributed by atoms with Crippen molar-refractivity contribution in [3.05, 3.63) is 144 Å². The maximum atomic E-state index is 6.56. The van der Waals surface area contributed by atoms with Crippen LogP contribution in [0, 0.1) is 0 Å². The minimum Gasteiger partial charge on any atom is -0.457 e. The van der Waals surface area contributed by atoms with Crippen LogP contribution in [0.1, 0.15) is 22.3 Å². The molecule has 156 valence electrons. The van der Waals surface area contributed by atoms with Crippen LogP contribution in [0.5, 0.6) is 11.5 Å². The topological polar surface area (TPSA) is 25.0 Å². The van der Waals surface area contributed by atoms with Crippen molar-refractivity contribution in [1.82, 2.24) is 4.98 Å². The number of ether oxygens (including phenoxy) is 1. The highest BCUT2D eigenvalue weighted by Crippen LogP contribution is 2.56. The minimum absolute atomic E-state index is 0.487. The van der Waals surface area contributed by atoms with Crippen molar-refractivity contribution in [2.45, 2.75) is 5.41 Å². The molecule has 33 heavy (non-hydrogen) atoms. The molecule has 1 aliphatic rings. The van der Waals surface area contributed by atoms with Gasteiger partial charge in [-0.15, -0.1) is 0 Å². The van der Waals surface area contributed by atoms with Crippen LogP contribution in [0.4, 0.5) is 0 Å². The molecule has 7 rings (SSSR count). The van der Waals surface area contributed by atoms with Gasteiger partial charge >= 0.3 is 0 Å². The summed E-state index contributed by atoms with van der Waals surface area (Å²) in [7, 11) is 0. The first-order valence-electron chi connectivity index (χ1n) is 11.3. The van der Waals surface area contributed by atoms with Crippen LogP contribution >= 0.6 is 0 Å². The average Bonchev–Trinajstić information content (AvgIpc) is 3.24. The first-order chi connectivity index (χ1) is 16.4. The van der Waals surface area contributed by atoms with Crippen molar-refractivity contribution in [2.75, 3.05) is 0 Å². The van der Waals surface area contributed by atoms with Crippen molar-refractivity contribution in [3.63, 3.8) is 0 Å². The Balaban J connectivity index is 1.68. The summed E-state index contributed by atoms with van der Waals surface area (Å²) in [6.45, 7) is 0. The SMILES string of the molecule is c1ccc(C2(c3ccccc3)c3ccccc3Oc3cc4[nH]c5ccccc5c4cc32)cc1. The number of aromatic nitrogens is 1. The molecule has 0 amide bonds. The maximum Gasteiger partial charge on any atom is 0.134 e. The van der Waals surface area contributed by atoms with Gasteiger partial charge in [-0.1, -0.05) is 97.1 Å².